The molecule has 0 aromatic heterocycles. The molecule has 0 aliphatic rings. The highest BCUT2D eigenvalue weighted by atomic mass is 31.1. The van der Waals surface area contributed by atoms with E-state index in [-0.39, 0.29) is 0 Å². The van der Waals surface area contributed by atoms with Crippen LogP contribution < -0.4 is 15.9 Å². The largest absolute Gasteiger partial charge is 0.307 e. The van der Waals surface area contributed by atoms with E-state index in [1.165, 1.54) is 54.1 Å². The Bertz CT molecular complexity index is 1580. The second kappa shape index (κ2) is 10.7. The Hall–Kier alpha value is -4.06. The van der Waals surface area contributed by atoms with Crippen LogP contribution in [0, 0.1) is 6.92 Å². The minimum atomic E-state index is -0.731. The molecule has 6 rings (SSSR count). The lowest BCUT2D eigenvalue weighted by atomic mass is 9.90. The van der Waals surface area contributed by atoms with Crippen LogP contribution in [0.25, 0.3) is 32.7 Å². The van der Waals surface area contributed by atoms with Crippen molar-refractivity contribution in [1.82, 2.24) is 0 Å². The minimum Gasteiger partial charge on any atom is -0.307 e. The summed E-state index contributed by atoms with van der Waals surface area (Å²) in [6.45, 7) is 4.25. The lowest BCUT2D eigenvalue weighted by Crippen LogP contribution is -2.22. The summed E-state index contributed by atoms with van der Waals surface area (Å²) in [5.74, 6) is 0. The van der Waals surface area contributed by atoms with E-state index in [9.17, 15) is 0 Å². The molecule has 6 aromatic carbocycles. The Morgan fingerprint density at radius 3 is 1.47 bits per heavy atom. The second-order valence-corrected chi connectivity index (χ2v) is 10.9. The van der Waals surface area contributed by atoms with Crippen molar-refractivity contribution in [2.75, 3.05) is 0 Å². The Kier molecular flexibility index (Phi) is 7.03. The van der Waals surface area contributed by atoms with Crippen LogP contribution in [0.1, 0.15) is 5.56 Å². The average molecular weight is 483 g/mol. The van der Waals surface area contributed by atoms with Gasteiger partial charge < -0.3 is 4.79 Å². The third kappa shape index (κ3) is 4.35. The highest BCUT2D eigenvalue weighted by molar-refractivity contribution is 7.80. The van der Waals surface area contributed by atoms with Crippen molar-refractivity contribution >= 4 is 52.2 Å². The van der Waals surface area contributed by atoms with Gasteiger partial charge in [0.25, 0.3) is 0 Å². The minimum absolute atomic E-state index is 0.731. The zero-order valence-electron chi connectivity index (χ0n) is 20.3. The first-order valence-corrected chi connectivity index (χ1v) is 13.3. The smallest absolute Gasteiger partial charge is 0.106 e. The Labute approximate surface area is 213 Å². The fourth-order valence-electron chi connectivity index (χ4n) is 5.00. The maximum Gasteiger partial charge on any atom is 0.106 e. The maximum absolute atomic E-state index is 8.00. The predicted molar refractivity (Wildman–Crippen MR) is 157 cm³/mol. The van der Waals surface area contributed by atoms with Crippen LogP contribution in [-0.2, 0) is 4.79 Å². The molecule has 0 aliphatic carbocycles. The normalized spacial score (nSPS) is 10.8. The van der Waals surface area contributed by atoms with Gasteiger partial charge in [-0.1, -0.05) is 133 Å². The summed E-state index contributed by atoms with van der Waals surface area (Å²) < 4.78 is 0. The monoisotopic (exact) mass is 482 g/mol. The lowest BCUT2D eigenvalue weighted by molar-refractivity contribution is -0.0979. The molecule has 0 saturated carbocycles. The molecule has 0 saturated heterocycles. The van der Waals surface area contributed by atoms with Gasteiger partial charge in [-0.2, -0.15) is 0 Å². The first-order chi connectivity index (χ1) is 17.8. The van der Waals surface area contributed by atoms with Gasteiger partial charge in [0.2, 0.25) is 0 Å². The molecule has 0 spiro atoms. The van der Waals surface area contributed by atoms with Gasteiger partial charge in [0.15, 0.2) is 0 Å². The van der Waals surface area contributed by atoms with Gasteiger partial charge >= 0.3 is 0 Å². The third-order valence-electron chi connectivity index (χ3n) is 6.56. The summed E-state index contributed by atoms with van der Waals surface area (Å²) in [6.07, 6.45) is 0. The molecule has 0 atom stereocenters. The Morgan fingerprint density at radius 1 is 0.472 bits per heavy atom. The van der Waals surface area contributed by atoms with Crippen molar-refractivity contribution in [2.24, 2.45) is 0 Å². The molecule has 1 nitrogen and oxygen atoms in total. The summed E-state index contributed by atoms with van der Waals surface area (Å²) in [7, 11) is -0.731. The molecule has 36 heavy (non-hydrogen) atoms. The van der Waals surface area contributed by atoms with Crippen LogP contribution in [-0.4, -0.2) is 6.79 Å². The highest BCUT2D eigenvalue weighted by Gasteiger charge is 2.23. The molecule has 0 N–H and O–H groups in total. The van der Waals surface area contributed by atoms with Crippen LogP contribution in [0.3, 0.4) is 0 Å². The van der Waals surface area contributed by atoms with Gasteiger partial charge in [-0.05, 0) is 69.0 Å². The topological polar surface area (TPSA) is 17.1 Å². The van der Waals surface area contributed by atoms with Crippen LogP contribution in [0.15, 0.2) is 133 Å². The fourth-order valence-corrected chi connectivity index (χ4v) is 7.48. The van der Waals surface area contributed by atoms with Crippen molar-refractivity contribution < 1.29 is 4.79 Å². The quantitative estimate of drug-likeness (QED) is 0.237. The summed E-state index contributed by atoms with van der Waals surface area (Å²) in [5.41, 5.74) is 4.03. The van der Waals surface area contributed by atoms with Gasteiger partial charge in [0.1, 0.15) is 6.79 Å². The van der Waals surface area contributed by atoms with E-state index < -0.39 is 7.92 Å². The Balaban J connectivity index is 0.00000130. The second-order valence-electron chi connectivity index (χ2n) is 8.67. The standard InChI is InChI=1S/C33H25P.CH2O/c1-24-20-21-25-12-8-10-18-29(25)32(24)33-30-19-11-9-13-26(30)22-23-31(33)34(27-14-4-2-5-15-27)28-16-6-3-7-17-28;1-2/h2-23H,1H3;1H2. The number of benzene rings is 6. The number of hydrogen-bond acceptors (Lipinski definition) is 1. The van der Waals surface area contributed by atoms with Gasteiger partial charge in [-0.15, -0.1) is 0 Å². The molecule has 174 valence electrons. The summed E-state index contributed by atoms with van der Waals surface area (Å²) in [5, 5.41) is 9.35. The number of aryl methyl sites for hydroxylation is 1. The van der Waals surface area contributed by atoms with Crippen LogP contribution in [0.2, 0.25) is 0 Å². The Morgan fingerprint density at radius 2 is 0.917 bits per heavy atom. The van der Waals surface area contributed by atoms with E-state index >= 15 is 0 Å². The highest BCUT2D eigenvalue weighted by Crippen LogP contribution is 2.43. The SMILES string of the molecule is C=O.Cc1ccc2ccccc2c1-c1c(P(c2ccccc2)c2ccccc2)ccc2ccccc12. The van der Waals surface area contributed by atoms with Crippen LogP contribution in [0.5, 0.6) is 0 Å². The van der Waals surface area contributed by atoms with E-state index in [1.54, 1.807) is 0 Å². The maximum atomic E-state index is 8.00. The van der Waals surface area contributed by atoms with E-state index in [4.69, 9.17) is 4.79 Å². The fraction of sp³-hybridized carbons (Fsp3) is 0.0294. The van der Waals surface area contributed by atoms with Crippen LogP contribution in [0.4, 0.5) is 0 Å². The molecule has 0 heterocycles. The lowest BCUT2D eigenvalue weighted by Gasteiger charge is -2.25. The molecule has 0 bridgehead atoms. The van der Waals surface area contributed by atoms with Gasteiger partial charge in [-0.25, -0.2) is 0 Å². The molecule has 0 amide bonds. The molecule has 0 fully saturated rings. The van der Waals surface area contributed by atoms with Gasteiger partial charge in [0, 0.05) is 0 Å². The average Bonchev–Trinajstić information content (AvgIpc) is 2.96. The van der Waals surface area contributed by atoms with Crippen molar-refractivity contribution in [1.29, 1.82) is 0 Å². The summed E-state index contributed by atoms with van der Waals surface area (Å²) >= 11 is 0. The van der Waals surface area contributed by atoms with E-state index in [0.29, 0.717) is 0 Å². The summed E-state index contributed by atoms with van der Waals surface area (Å²) in [4.78, 5) is 8.00. The van der Waals surface area contributed by atoms with E-state index in [2.05, 4.69) is 140 Å². The number of rotatable bonds is 4. The molecule has 0 aliphatic heterocycles. The molecule has 2 heteroatoms. The first kappa shape index (κ1) is 23.7. The van der Waals surface area contributed by atoms with Crippen LogP contribution >= 0.6 is 7.92 Å². The van der Waals surface area contributed by atoms with E-state index in [1.807, 2.05) is 6.79 Å². The zero-order chi connectivity index (χ0) is 24.9. The third-order valence-corrected chi connectivity index (χ3v) is 9.05. The number of hydrogen-bond donors (Lipinski definition) is 0. The van der Waals surface area contributed by atoms with Crippen molar-refractivity contribution in [3.8, 4) is 11.1 Å². The van der Waals surface area contributed by atoms with Crippen molar-refractivity contribution in [2.45, 2.75) is 6.92 Å². The molecule has 0 radical (unpaired) electrons. The zero-order valence-corrected chi connectivity index (χ0v) is 21.2. The van der Waals surface area contributed by atoms with Crippen molar-refractivity contribution in [3.05, 3.63) is 139 Å². The van der Waals surface area contributed by atoms with Gasteiger partial charge in [-0.3, -0.25) is 0 Å². The number of carbonyl (C=O) groups excluding carboxylic acids is 1. The molecule has 0 unspecified atom stereocenters. The van der Waals surface area contributed by atoms with Gasteiger partial charge in [0.05, 0.1) is 0 Å². The first-order valence-electron chi connectivity index (χ1n) is 12.0. The number of fused-ring (bicyclic) bond motifs is 2. The summed E-state index contributed by atoms with van der Waals surface area (Å²) in [6, 6.07) is 48.8. The van der Waals surface area contributed by atoms with Crippen molar-refractivity contribution in [3.63, 3.8) is 0 Å². The van der Waals surface area contributed by atoms with E-state index in [0.717, 1.165) is 0 Å². The molecular weight excluding hydrogens is 455 g/mol. The molecular formula is C34H27OP. The number of carbonyl (C=O) groups is 1. The molecule has 6 aromatic rings. The predicted octanol–water partition coefficient (Wildman–Crippen LogP) is 7.54.